The van der Waals surface area contributed by atoms with Crippen molar-refractivity contribution in [3.8, 4) is 0 Å². The zero-order chi connectivity index (χ0) is 33.3. The molecular formula is C34H42N8O4. The van der Waals surface area contributed by atoms with Crippen LogP contribution in [0.2, 0.25) is 0 Å². The predicted molar refractivity (Wildman–Crippen MR) is 179 cm³/mol. The maximum absolute atomic E-state index is 12.3. The minimum absolute atomic E-state index is 0.108. The maximum atomic E-state index is 12.3. The normalized spacial score (nSPS) is 13.2. The van der Waals surface area contributed by atoms with Crippen molar-refractivity contribution in [2.75, 3.05) is 16.0 Å². The topological polar surface area (TPSA) is 194 Å². The van der Waals surface area contributed by atoms with E-state index in [2.05, 4.69) is 31.5 Å². The lowest BCUT2D eigenvalue weighted by Crippen LogP contribution is -2.29. The third-order valence-corrected chi connectivity index (χ3v) is 7.00. The summed E-state index contributed by atoms with van der Waals surface area (Å²) in [7, 11) is 0. The Morgan fingerprint density at radius 3 is 1.85 bits per heavy atom. The summed E-state index contributed by atoms with van der Waals surface area (Å²) < 4.78 is 0. The van der Waals surface area contributed by atoms with Gasteiger partial charge in [-0.1, -0.05) is 55.7 Å². The minimum atomic E-state index is -0.276. The summed E-state index contributed by atoms with van der Waals surface area (Å²) in [5.74, 6) is 0.322. The van der Waals surface area contributed by atoms with Crippen LogP contribution in [0.15, 0.2) is 84.8 Å². The van der Waals surface area contributed by atoms with Gasteiger partial charge in [0.25, 0.3) is 0 Å². The number of allylic oxidation sites excluding steroid dienone is 2. The van der Waals surface area contributed by atoms with E-state index in [-0.39, 0.29) is 42.3 Å². The summed E-state index contributed by atoms with van der Waals surface area (Å²) in [6, 6.07) is 18.1. The number of benzene rings is 2. The third kappa shape index (κ3) is 12.2. The molecule has 0 saturated heterocycles. The first-order valence-electron chi connectivity index (χ1n) is 15.1. The van der Waals surface area contributed by atoms with Crippen LogP contribution >= 0.6 is 0 Å². The number of aromatic nitrogens is 2. The van der Waals surface area contributed by atoms with Crippen LogP contribution in [-0.2, 0) is 32.0 Å². The van der Waals surface area contributed by atoms with Gasteiger partial charge in [-0.3, -0.25) is 19.2 Å². The highest BCUT2D eigenvalue weighted by Gasteiger charge is 2.17. The number of carbonyl (C=O) groups is 4. The molecular weight excluding hydrogens is 584 g/mol. The summed E-state index contributed by atoms with van der Waals surface area (Å²) in [6.45, 7) is 2.86. The Balaban J connectivity index is 0.000000260. The van der Waals surface area contributed by atoms with Crippen molar-refractivity contribution in [2.45, 2.75) is 64.7 Å². The molecule has 1 aromatic heterocycles. The number of nitrogens with two attached hydrogens (primary N) is 2. The molecule has 12 heteroatoms. The first kappa shape index (κ1) is 35.0. The molecule has 242 valence electrons. The summed E-state index contributed by atoms with van der Waals surface area (Å²) in [5.41, 5.74) is 14.5. The molecule has 1 aliphatic carbocycles. The Labute approximate surface area is 269 Å². The minimum Gasteiger partial charge on any atom is -0.405 e. The van der Waals surface area contributed by atoms with Gasteiger partial charge >= 0.3 is 0 Å². The van der Waals surface area contributed by atoms with E-state index in [1.165, 1.54) is 64.3 Å². The van der Waals surface area contributed by atoms with Gasteiger partial charge in [0.15, 0.2) is 5.82 Å². The molecule has 4 amide bonds. The molecule has 4 rings (SSSR count). The van der Waals surface area contributed by atoms with Crippen LogP contribution in [-0.4, -0.2) is 33.8 Å². The first-order valence-corrected chi connectivity index (χ1v) is 15.1. The molecule has 12 nitrogen and oxygen atoms in total. The van der Waals surface area contributed by atoms with Crippen molar-refractivity contribution < 1.29 is 19.2 Å². The fourth-order valence-corrected chi connectivity index (χ4v) is 4.94. The second-order valence-electron chi connectivity index (χ2n) is 10.8. The maximum Gasteiger partial charge on any atom is 0.230 e. The molecule has 1 fully saturated rings. The van der Waals surface area contributed by atoms with Gasteiger partial charge in [-0.2, -0.15) is 5.10 Å². The number of nitrogens with zero attached hydrogens (tertiary/aromatic N) is 2. The van der Waals surface area contributed by atoms with E-state index in [4.69, 9.17) is 11.5 Å². The fraction of sp³-hybridized carbons (Fsp3) is 0.294. The van der Waals surface area contributed by atoms with Gasteiger partial charge in [0, 0.05) is 31.1 Å². The number of hydrogen-bond acceptors (Lipinski definition) is 8. The van der Waals surface area contributed by atoms with Gasteiger partial charge in [-0.15, -0.1) is 5.10 Å². The van der Waals surface area contributed by atoms with Crippen molar-refractivity contribution in [2.24, 2.45) is 11.5 Å². The Kier molecular flexibility index (Phi) is 13.9. The highest BCUT2D eigenvalue weighted by Crippen LogP contribution is 2.31. The highest BCUT2D eigenvalue weighted by atomic mass is 16.2. The monoisotopic (exact) mass is 626 g/mol. The SMILES string of the molecule is CC(=O)Nc1ccccc1CC(=O)N/C(N)=C/C=C\N.CC(=O)Nc1ccccc1CC(=O)Nc1ccc(C2CCCCC2)nn1. The van der Waals surface area contributed by atoms with Gasteiger partial charge in [0.2, 0.25) is 23.6 Å². The molecule has 0 aliphatic heterocycles. The fourth-order valence-electron chi connectivity index (χ4n) is 4.94. The zero-order valence-corrected chi connectivity index (χ0v) is 26.2. The number of anilines is 3. The molecule has 0 radical (unpaired) electrons. The molecule has 2 aromatic carbocycles. The van der Waals surface area contributed by atoms with Gasteiger partial charge in [-0.25, -0.2) is 0 Å². The standard InChI is InChI=1S/C20H24N4O2.C14H18N4O2/c1-14(25)21-17-10-6-5-9-16(17)13-20(26)22-19-12-11-18(23-24-19)15-7-3-2-4-8-15;1-10(19)17-12-6-3-2-5-11(12)9-14(20)18-13(16)7-4-8-15/h5-6,9-12,15H,2-4,7-8,13H2,1H3,(H,21,25)(H,22,24,26);2-8H,9,15-16H2,1H3,(H,17,19)(H,18,20)/b;8-4-,13-7+. The first-order chi connectivity index (χ1) is 22.1. The van der Waals surface area contributed by atoms with Crippen LogP contribution in [0.4, 0.5) is 17.2 Å². The molecule has 0 bridgehead atoms. The van der Waals surface area contributed by atoms with Gasteiger partial charge in [0.1, 0.15) is 5.82 Å². The van der Waals surface area contributed by atoms with E-state index in [1.54, 1.807) is 30.3 Å². The van der Waals surface area contributed by atoms with E-state index in [0.717, 1.165) is 11.3 Å². The lowest BCUT2D eigenvalue weighted by molar-refractivity contribution is -0.120. The molecule has 1 heterocycles. The number of rotatable bonds is 10. The van der Waals surface area contributed by atoms with Crippen LogP contribution in [0.1, 0.15) is 68.7 Å². The van der Waals surface area contributed by atoms with Crippen LogP contribution in [0, 0.1) is 0 Å². The van der Waals surface area contributed by atoms with Crippen molar-refractivity contribution >= 4 is 40.8 Å². The smallest absolute Gasteiger partial charge is 0.230 e. The molecule has 1 saturated carbocycles. The zero-order valence-electron chi connectivity index (χ0n) is 26.2. The van der Waals surface area contributed by atoms with Crippen LogP contribution in [0.25, 0.3) is 0 Å². The van der Waals surface area contributed by atoms with Gasteiger partial charge in [-0.05, 0) is 66.6 Å². The van der Waals surface area contributed by atoms with Crippen molar-refractivity contribution in [1.82, 2.24) is 15.5 Å². The van der Waals surface area contributed by atoms with Crippen molar-refractivity contribution in [1.29, 1.82) is 0 Å². The quantitative estimate of drug-likeness (QED) is 0.180. The van der Waals surface area contributed by atoms with Gasteiger partial charge in [0.05, 0.1) is 18.5 Å². The average Bonchev–Trinajstić information content (AvgIpc) is 3.02. The molecule has 8 N–H and O–H groups in total. The van der Waals surface area contributed by atoms with E-state index in [1.807, 2.05) is 30.3 Å². The summed E-state index contributed by atoms with van der Waals surface area (Å²) in [6.07, 6.45) is 10.7. The Bertz CT molecular complexity index is 1550. The average molecular weight is 627 g/mol. The second kappa shape index (κ2) is 18.3. The van der Waals surface area contributed by atoms with Crippen LogP contribution in [0.3, 0.4) is 0 Å². The van der Waals surface area contributed by atoms with E-state index in [0.29, 0.717) is 28.7 Å². The summed E-state index contributed by atoms with van der Waals surface area (Å²) in [4.78, 5) is 46.5. The highest BCUT2D eigenvalue weighted by molar-refractivity contribution is 5.94. The second-order valence-corrected chi connectivity index (χ2v) is 10.8. The number of amides is 4. The predicted octanol–water partition coefficient (Wildman–Crippen LogP) is 4.24. The van der Waals surface area contributed by atoms with E-state index in [9.17, 15) is 19.2 Å². The van der Waals surface area contributed by atoms with E-state index >= 15 is 0 Å². The van der Waals surface area contributed by atoms with Crippen LogP contribution in [0.5, 0.6) is 0 Å². The Hall–Kier alpha value is -5.52. The lowest BCUT2D eigenvalue weighted by Gasteiger charge is -2.20. The lowest BCUT2D eigenvalue weighted by atomic mass is 9.87. The Morgan fingerprint density at radius 1 is 0.761 bits per heavy atom. The largest absolute Gasteiger partial charge is 0.405 e. The number of carbonyl (C=O) groups excluding carboxylic acids is 4. The van der Waals surface area contributed by atoms with Gasteiger partial charge < -0.3 is 32.7 Å². The number of hydrogen-bond donors (Lipinski definition) is 6. The molecule has 0 unspecified atom stereocenters. The van der Waals surface area contributed by atoms with Crippen molar-refractivity contribution in [3.05, 3.63) is 102 Å². The van der Waals surface area contributed by atoms with Crippen molar-refractivity contribution in [3.63, 3.8) is 0 Å². The number of nitrogens with one attached hydrogen (secondary N) is 4. The molecule has 3 aromatic rings. The van der Waals surface area contributed by atoms with E-state index < -0.39 is 0 Å². The number of para-hydroxylation sites is 2. The summed E-state index contributed by atoms with van der Waals surface area (Å²) >= 11 is 0. The molecule has 46 heavy (non-hydrogen) atoms. The molecule has 0 atom stereocenters. The molecule has 0 spiro atoms. The third-order valence-electron chi connectivity index (χ3n) is 7.00. The summed E-state index contributed by atoms with van der Waals surface area (Å²) in [5, 5.41) is 19.2. The molecule has 1 aliphatic rings. The Morgan fingerprint density at radius 2 is 1.33 bits per heavy atom. The van der Waals surface area contributed by atoms with Crippen LogP contribution < -0.4 is 32.7 Å².